The molecular formula is C15H20O3. The van der Waals surface area contributed by atoms with Crippen LogP contribution in [0.15, 0.2) is 18.2 Å². The lowest BCUT2D eigenvalue weighted by Gasteiger charge is -2.21. The van der Waals surface area contributed by atoms with Gasteiger partial charge in [0, 0.05) is 5.56 Å². The Kier molecular flexibility index (Phi) is 3.80. The van der Waals surface area contributed by atoms with Crippen LogP contribution in [0.25, 0.3) is 5.57 Å². The summed E-state index contributed by atoms with van der Waals surface area (Å²) in [6.07, 6.45) is 6.53. The van der Waals surface area contributed by atoms with Crippen molar-refractivity contribution >= 4 is 5.57 Å². The zero-order valence-corrected chi connectivity index (χ0v) is 10.9. The van der Waals surface area contributed by atoms with E-state index in [0.29, 0.717) is 5.75 Å². The lowest BCUT2D eigenvalue weighted by molar-refractivity contribution is 0.350. The number of aromatic hydroxyl groups is 2. The first kappa shape index (κ1) is 12.8. The Labute approximate surface area is 108 Å². The van der Waals surface area contributed by atoms with Crippen LogP contribution in [0.1, 0.15) is 38.2 Å². The molecule has 3 nitrogen and oxygen atoms in total. The maximum atomic E-state index is 10.0. The van der Waals surface area contributed by atoms with Crippen molar-refractivity contribution in [1.29, 1.82) is 0 Å². The predicted molar refractivity (Wildman–Crippen MR) is 71.9 cm³/mol. The van der Waals surface area contributed by atoms with Crippen molar-refractivity contribution in [3.8, 4) is 17.2 Å². The molecule has 1 aliphatic rings. The summed E-state index contributed by atoms with van der Waals surface area (Å²) in [7, 11) is 1.47. The molecule has 1 aliphatic carbocycles. The quantitative estimate of drug-likeness (QED) is 0.802. The number of benzene rings is 1. The third-order valence-corrected chi connectivity index (χ3v) is 3.78. The van der Waals surface area contributed by atoms with Gasteiger partial charge in [-0.3, -0.25) is 0 Å². The Bertz CT molecular complexity index is 463. The molecule has 0 aromatic heterocycles. The molecular weight excluding hydrogens is 228 g/mol. The van der Waals surface area contributed by atoms with Gasteiger partial charge >= 0.3 is 0 Å². The maximum absolute atomic E-state index is 10.0. The average Bonchev–Trinajstić information content (AvgIpc) is 2.42. The van der Waals surface area contributed by atoms with Gasteiger partial charge in [0.2, 0.25) is 5.75 Å². The van der Waals surface area contributed by atoms with Crippen LogP contribution in [0.3, 0.4) is 0 Å². The van der Waals surface area contributed by atoms with Gasteiger partial charge in [0.1, 0.15) is 0 Å². The average molecular weight is 248 g/mol. The molecule has 0 heterocycles. The first-order valence-corrected chi connectivity index (χ1v) is 6.45. The van der Waals surface area contributed by atoms with Crippen molar-refractivity contribution in [2.45, 2.75) is 32.6 Å². The van der Waals surface area contributed by atoms with E-state index in [1.807, 2.05) is 6.07 Å². The third kappa shape index (κ3) is 2.30. The number of phenolic OH excluding ortho intramolecular Hbond substituents is 2. The van der Waals surface area contributed by atoms with Gasteiger partial charge in [-0.25, -0.2) is 0 Å². The fourth-order valence-corrected chi connectivity index (χ4v) is 2.49. The highest BCUT2D eigenvalue weighted by Gasteiger charge is 2.19. The minimum atomic E-state index is -0.173. The van der Waals surface area contributed by atoms with Gasteiger partial charge in [-0.1, -0.05) is 19.4 Å². The summed E-state index contributed by atoms with van der Waals surface area (Å²) in [4.78, 5) is 0. The number of allylic oxidation sites excluding steroid dienone is 2. The Morgan fingerprint density at radius 1 is 1.28 bits per heavy atom. The van der Waals surface area contributed by atoms with Gasteiger partial charge < -0.3 is 14.9 Å². The number of rotatable bonds is 3. The topological polar surface area (TPSA) is 49.7 Å². The van der Waals surface area contributed by atoms with Crippen molar-refractivity contribution in [3.63, 3.8) is 0 Å². The third-order valence-electron chi connectivity index (χ3n) is 3.78. The van der Waals surface area contributed by atoms with Crippen LogP contribution in [0.4, 0.5) is 0 Å². The summed E-state index contributed by atoms with van der Waals surface area (Å²) in [5.74, 6) is 0.811. The van der Waals surface area contributed by atoms with E-state index < -0.39 is 0 Å². The number of ether oxygens (including phenoxy) is 1. The zero-order valence-electron chi connectivity index (χ0n) is 10.9. The second-order valence-corrected chi connectivity index (χ2v) is 4.79. The summed E-state index contributed by atoms with van der Waals surface area (Å²) < 4.78 is 4.97. The van der Waals surface area contributed by atoms with Crippen molar-refractivity contribution in [2.24, 2.45) is 5.92 Å². The normalized spacial score (nSPS) is 19.4. The summed E-state index contributed by atoms with van der Waals surface area (Å²) in [6, 6.07) is 3.50. The van der Waals surface area contributed by atoms with Crippen molar-refractivity contribution < 1.29 is 14.9 Å². The molecule has 0 spiro atoms. The van der Waals surface area contributed by atoms with E-state index in [1.165, 1.54) is 13.5 Å². The second-order valence-electron chi connectivity index (χ2n) is 4.79. The van der Waals surface area contributed by atoms with E-state index in [9.17, 15) is 10.2 Å². The minimum Gasteiger partial charge on any atom is -0.504 e. The monoisotopic (exact) mass is 248 g/mol. The zero-order chi connectivity index (χ0) is 13.1. The highest BCUT2D eigenvalue weighted by molar-refractivity contribution is 5.74. The Balaban J connectivity index is 2.30. The molecule has 1 aromatic carbocycles. The molecule has 0 saturated heterocycles. The van der Waals surface area contributed by atoms with E-state index in [1.54, 1.807) is 6.07 Å². The maximum Gasteiger partial charge on any atom is 0.201 e. The fraction of sp³-hybridized carbons (Fsp3) is 0.467. The van der Waals surface area contributed by atoms with Crippen LogP contribution in [0.5, 0.6) is 17.2 Å². The van der Waals surface area contributed by atoms with Crippen LogP contribution in [-0.2, 0) is 0 Å². The Hall–Kier alpha value is -1.64. The summed E-state index contributed by atoms with van der Waals surface area (Å²) in [5.41, 5.74) is 1.85. The molecule has 0 amide bonds. The van der Waals surface area contributed by atoms with E-state index in [4.69, 9.17) is 4.74 Å². The van der Waals surface area contributed by atoms with Gasteiger partial charge in [-0.05, 0) is 42.9 Å². The number of methoxy groups -OCH3 is 1. The second kappa shape index (κ2) is 5.34. The summed E-state index contributed by atoms with van der Waals surface area (Å²) >= 11 is 0. The first-order valence-electron chi connectivity index (χ1n) is 6.45. The lowest BCUT2D eigenvalue weighted by Crippen LogP contribution is -2.04. The lowest BCUT2D eigenvalue weighted by atomic mass is 9.85. The molecule has 0 fully saturated rings. The van der Waals surface area contributed by atoms with Crippen molar-refractivity contribution in [2.75, 3.05) is 7.11 Å². The largest absolute Gasteiger partial charge is 0.504 e. The predicted octanol–water partition coefficient (Wildman–Crippen LogP) is 3.70. The molecule has 0 unspecified atom stereocenters. The molecule has 0 bridgehead atoms. The smallest absolute Gasteiger partial charge is 0.201 e. The summed E-state index contributed by atoms with van der Waals surface area (Å²) in [5, 5.41) is 19.8. The van der Waals surface area contributed by atoms with Crippen LogP contribution in [0, 0.1) is 5.92 Å². The molecule has 0 saturated carbocycles. The standard InChI is InChI=1S/C15H20O3/c1-3-10-4-6-11(7-5-10)12-8-9-13(18-2)15(17)14(12)16/h6,8-10,16-17H,3-5,7H2,1-2H3/t10-/m0/s1. The molecule has 2 rings (SSSR count). The first-order chi connectivity index (χ1) is 8.67. The van der Waals surface area contributed by atoms with E-state index >= 15 is 0 Å². The highest BCUT2D eigenvalue weighted by Crippen LogP contribution is 2.43. The molecule has 3 heteroatoms. The molecule has 1 aromatic rings. The molecule has 2 N–H and O–H groups in total. The molecule has 98 valence electrons. The van der Waals surface area contributed by atoms with Gasteiger partial charge in [-0.2, -0.15) is 0 Å². The Morgan fingerprint density at radius 2 is 2.06 bits per heavy atom. The molecule has 0 radical (unpaired) electrons. The van der Waals surface area contributed by atoms with Gasteiger partial charge in [-0.15, -0.1) is 0 Å². The minimum absolute atomic E-state index is 0.0736. The number of hydrogen-bond donors (Lipinski definition) is 2. The van der Waals surface area contributed by atoms with E-state index in [-0.39, 0.29) is 11.5 Å². The number of hydrogen-bond acceptors (Lipinski definition) is 3. The number of phenols is 2. The van der Waals surface area contributed by atoms with Crippen LogP contribution < -0.4 is 4.74 Å². The van der Waals surface area contributed by atoms with Gasteiger partial charge in [0.05, 0.1) is 7.11 Å². The van der Waals surface area contributed by atoms with Gasteiger partial charge in [0.25, 0.3) is 0 Å². The Morgan fingerprint density at radius 3 is 2.61 bits per heavy atom. The molecule has 0 aliphatic heterocycles. The molecule has 18 heavy (non-hydrogen) atoms. The highest BCUT2D eigenvalue weighted by atomic mass is 16.5. The van der Waals surface area contributed by atoms with Crippen LogP contribution in [0.2, 0.25) is 0 Å². The molecule has 1 atom stereocenters. The van der Waals surface area contributed by atoms with Crippen LogP contribution in [-0.4, -0.2) is 17.3 Å². The SMILES string of the molecule is CC[C@H]1CC=C(c2ccc(OC)c(O)c2O)CC1. The van der Waals surface area contributed by atoms with E-state index in [0.717, 1.165) is 36.3 Å². The van der Waals surface area contributed by atoms with Crippen molar-refractivity contribution in [1.82, 2.24) is 0 Å². The van der Waals surface area contributed by atoms with Crippen LogP contribution >= 0.6 is 0 Å². The van der Waals surface area contributed by atoms with E-state index in [2.05, 4.69) is 13.0 Å². The van der Waals surface area contributed by atoms with Crippen molar-refractivity contribution in [3.05, 3.63) is 23.8 Å². The summed E-state index contributed by atoms with van der Waals surface area (Å²) in [6.45, 7) is 2.21. The van der Waals surface area contributed by atoms with Gasteiger partial charge in [0.15, 0.2) is 11.5 Å². The fourth-order valence-electron chi connectivity index (χ4n) is 2.49.